The molecule has 1 aliphatic carbocycles. The lowest BCUT2D eigenvalue weighted by Gasteiger charge is -2.48. The van der Waals surface area contributed by atoms with Gasteiger partial charge in [-0.1, -0.05) is 70.6 Å². The van der Waals surface area contributed by atoms with Crippen molar-refractivity contribution >= 4 is 11.9 Å². The number of carbonyl (C=O) groups excluding carboxylic acids is 2. The average molecular weight is 914 g/mol. The Morgan fingerprint density at radius 2 is 1.65 bits per heavy atom. The molecule has 1 spiro atoms. The monoisotopic (exact) mass is 914 g/mol. The first-order chi connectivity index (χ1) is 30.9. The van der Waals surface area contributed by atoms with E-state index in [1.165, 1.54) is 6.92 Å². The van der Waals surface area contributed by atoms with Gasteiger partial charge in [-0.05, 0) is 62.8 Å². The number of hydrogen-bond acceptors (Lipinski definition) is 14. The fraction of sp³-hybridized carbons (Fsp3) is 0.760. The molecule has 4 saturated heterocycles. The molecule has 6 aliphatic heterocycles. The largest absolute Gasteiger partial charge is 0.462 e. The number of nitrogens with one attached hydrogen (secondary N) is 1. The standard InChI is InChI=1S/C50H75NO14/c1-12-26(2)45-29(5)18-19-49(65-45)24-36-21-35(64-49)17-16-28(4)44(27(3)14-13-15-34-25-58-47-43(53)30(6)20-37(48(54)61-36)50(34,47)55)62-41-23-39(57-11)46(32(8)60-41)63-40-22-38(56-10)42(31(7)59-40)51-33(9)52/h13-16,18-20,26-27,29,31-32,35-47,53,55H,12,17,21-25H2,1-11H3,(H,51,52)/b14-13+,28-16+,34-15+/t26-,27-,29-,31-,32-,35+,36+,37+,38-,39-,40-,41-,42-,43+,44-,45+,46-,47-,49+,50+/m0/s1. The second-order valence-corrected chi connectivity index (χ2v) is 19.7. The van der Waals surface area contributed by atoms with Gasteiger partial charge in [0.25, 0.3) is 0 Å². The zero-order valence-corrected chi connectivity index (χ0v) is 40.2. The zero-order chi connectivity index (χ0) is 47.0. The van der Waals surface area contributed by atoms with Crippen LogP contribution in [0, 0.1) is 23.7 Å². The van der Waals surface area contributed by atoms with Crippen molar-refractivity contribution in [3.63, 3.8) is 0 Å². The van der Waals surface area contributed by atoms with Crippen LogP contribution in [0.15, 0.2) is 59.3 Å². The molecule has 0 aromatic carbocycles. The third kappa shape index (κ3) is 10.6. The van der Waals surface area contributed by atoms with Gasteiger partial charge in [0, 0.05) is 58.7 Å². The number of amides is 1. The number of aliphatic hydroxyl groups excluding tert-OH is 1. The maximum Gasteiger partial charge on any atom is 0.316 e. The fourth-order valence-electron chi connectivity index (χ4n) is 11.0. The second-order valence-electron chi connectivity index (χ2n) is 19.7. The molecule has 6 heterocycles. The molecule has 4 fully saturated rings. The Kier molecular flexibility index (Phi) is 16.0. The molecule has 7 aliphatic rings. The minimum absolute atomic E-state index is 0.0270. The number of methoxy groups -OCH3 is 2. The molecule has 0 aromatic rings. The normalized spacial score (nSPS) is 47.3. The van der Waals surface area contributed by atoms with Crippen molar-refractivity contribution in [2.75, 3.05) is 20.8 Å². The Bertz CT molecular complexity index is 1850. The Morgan fingerprint density at radius 3 is 2.35 bits per heavy atom. The number of fused-ring (bicyclic) bond motifs is 2. The van der Waals surface area contributed by atoms with Gasteiger partial charge >= 0.3 is 5.97 Å². The molecule has 364 valence electrons. The molecule has 65 heavy (non-hydrogen) atoms. The summed E-state index contributed by atoms with van der Waals surface area (Å²) in [6, 6.07) is -0.315. The summed E-state index contributed by atoms with van der Waals surface area (Å²) in [5, 5.41) is 26.7. The lowest BCUT2D eigenvalue weighted by atomic mass is 9.71. The lowest BCUT2D eigenvalue weighted by Crippen LogP contribution is -2.58. The molecular weight excluding hydrogens is 839 g/mol. The van der Waals surface area contributed by atoms with Crippen LogP contribution in [0.5, 0.6) is 0 Å². The van der Waals surface area contributed by atoms with Crippen molar-refractivity contribution in [3.8, 4) is 0 Å². The van der Waals surface area contributed by atoms with E-state index >= 15 is 0 Å². The van der Waals surface area contributed by atoms with E-state index in [2.05, 4.69) is 45.2 Å². The van der Waals surface area contributed by atoms with Gasteiger partial charge in [-0.3, -0.25) is 9.59 Å². The highest BCUT2D eigenvalue weighted by Crippen LogP contribution is 2.47. The van der Waals surface area contributed by atoms with Crippen LogP contribution in [0.25, 0.3) is 0 Å². The van der Waals surface area contributed by atoms with Crippen molar-refractivity contribution in [1.29, 1.82) is 0 Å². The van der Waals surface area contributed by atoms with Gasteiger partial charge in [0.2, 0.25) is 5.91 Å². The summed E-state index contributed by atoms with van der Waals surface area (Å²) in [5.74, 6) is -2.75. The molecule has 1 amide bonds. The number of hydrogen-bond donors (Lipinski definition) is 3. The summed E-state index contributed by atoms with van der Waals surface area (Å²) >= 11 is 0. The lowest BCUT2D eigenvalue weighted by molar-refractivity contribution is -0.311. The molecule has 7 rings (SSSR count). The minimum atomic E-state index is -1.84. The summed E-state index contributed by atoms with van der Waals surface area (Å²) in [5.41, 5.74) is 0.116. The van der Waals surface area contributed by atoms with E-state index in [1.807, 2.05) is 39.0 Å². The average Bonchev–Trinajstić information content (AvgIpc) is 3.61. The maximum absolute atomic E-state index is 14.4. The van der Waals surface area contributed by atoms with Gasteiger partial charge in [-0.2, -0.15) is 0 Å². The molecule has 15 nitrogen and oxygen atoms in total. The molecule has 20 atom stereocenters. The van der Waals surface area contributed by atoms with Crippen molar-refractivity contribution < 1.29 is 67.2 Å². The van der Waals surface area contributed by atoms with Crippen LogP contribution < -0.4 is 5.32 Å². The summed E-state index contributed by atoms with van der Waals surface area (Å²) < 4.78 is 64.4. The zero-order valence-electron chi connectivity index (χ0n) is 40.2. The third-order valence-corrected chi connectivity index (χ3v) is 14.9. The van der Waals surface area contributed by atoms with E-state index in [0.29, 0.717) is 36.8 Å². The van der Waals surface area contributed by atoms with Gasteiger partial charge in [-0.15, -0.1) is 0 Å². The summed E-state index contributed by atoms with van der Waals surface area (Å²) in [6.07, 6.45) is 9.46. The minimum Gasteiger partial charge on any atom is -0.462 e. The summed E-state index contributed by atoms with van der Waals surface area (Å²) in [4.78, 5) is 26.3. The number of esters is 1. The first-order valence-corrected chi connectivity index (χ1v) is 23.8. The predicted octanol–water partition coefficient (Wildman–Crippen LogP) is 5.52. The van der Waals surface area contributed by atoms with Gasteiger partial charge in [0.05, 0.1) is 55.4 Å². The summed E-state index contributed by atoms with van der Waals surface area (Å²) in [6.45, 7) is 17.7. The number of carbonyl (C=O) groups is 2. The second kappa shape index (κ2) is 20.8. The number of aliphatic hydroxyl groups is 2. The Hall–Kier alpha value is -2.80. The number of rotatable bonds is 9. The Labute approximate surface area is 385 Å². The van der Waals surface area contributed by atoms with E-state index in [9.17, 15) is 19.8 Å². The first-order valence-electron chi connectivity index (χ1n) is 23.8. The predicted molar refractivity (Wildman–Crippen MR) is 239 cm³/mol. The van der Waals surface area contributed by atoms with E-state index in [1.54, 1.807) is 33.3 Å². The van der Waals surface area contributed by atoms with E-state index in [4.69, 9.17) is 47.4 Å². The van der Waals surface area contributed by atoms with Crippen molar-refractivity contribution in [1.82, 2.24) is 5.32 Å². The molecular formula is C50H75NO14. The highest BCUT2D eigenvalue weighted by Gasteiger charge is 2.60. The molecule has 0 saturated carbocycles. The Balaban J connectivity index is 1.16. The summed E-state index contributed by atoms with van der Waals surface area (Å²) in [7, 11) is 3.27. The number of ether oxygens (including phenoxy) is 10. The van der Waals surface area contributed by atoms with E-state index < -0.39 is 84.7 Å². The van der Waals surface area contributed by atoms with Crippen LogP contribution in [0.4, 0.5) is 0 Å². The van der Waals surface area contributed by atoms with Crippen LogP contribution in [0.1, 0.15) is 101 Å². The SMILES string of the molecule is CC[C@H](C)[C@H]1O[C@]2(C=C[C@@H]1C)C[C@H]1C[C@@H](C/C=C(\C)[C@@H](O[C@H]3C[C@H](OC)[C@@H](O[C@H]4C[C@H](OC)[C@@H](NC(C)=O)[C@H](C)O4)[C@H](C)O3)[C@@H](C)/C=C/C=C3\CO[C@H]4[C@H](O)C(C)=C[C@H](C(=O)O1)[C@]34O)O2. The fourth-order valence-corrected chi connectivity index (χ4v) is 11.0. The third-order valence-electron chi connectivity index (χ3n) is 14.9. The van der Waals surface area contributed by atoms with Gasteiger partial charge in [0.15, 0.2) is 18.4 Å². The van der Waals surface area contributed by atoms with Crippen molar-refractivity contribution in [2.45, 2.75) is 198 Å². The van der Waals surface area contributed by atoms with Gasteiger partial charge in [0.1, 0.15) is 35.9 Å². The van der Waals surface area contributed by atoms with Crippen LogP contribution in [0.3, 0.4) is 0 Å². The smallest absolute Gasteiger partial charge is 0.316 e. The molecule has 15 heteroatoms. The van der Waals surface area contributed by atoms with Crippen LogP contribution in [-0.2, 0) is 57.0 Å². The molecule has 0 unspecified atom stereocenters. The topological polar surface area (TPSA) is 179 Å². The van der Waals surface area contributed by atoms with Gasteiger partial charge in [-0.25, -0.2) is 0 Å². The van der Waals surface area contributed by atoms with E-state index in [0.717, 1.165) is 12.0 Å². The quantitative estimate of drug-likeness (QED) is 0.195. The first kappa shape index (κ1) is 50.1. The molecule has 0 aromatic heterocycles. The van der Waals surface area contributed by atoms with Crippen LogP contribution >= 0.6 is 0 Å². The van der Waals surface area contributed by atoms with Crippen LogP contribution in [0.2, 0.25) is 0 Å². The van der Waals surface area contributed by atoms with Crippen molar-refractivity contribution in [2.24, 2.45) is 23.7 Å². The highest BCUT2D eigenvalue weighted by molar-refractivity contribution is 5.78. The van der Waals surface area contributed by atoms with Gasteiger partial charge < -0.3 is 62.9 Å². The highest BCUT2D eigenvalue weighted by atomic mass is 16.7. The molecule has 3 N–H and O–H groups in total. The number of allylic oxidation sites excluding steroid dienone is 2. The van der Waals surface area contributed by atoms with E-state index in [-0.39, 0.29) is 61.0 Å². The van der Waals surface area contributed by atoms with Crippen molar-refractivity contribution in [3.05, 3.63) is 59.3 Å². The molecule has 2 bridgehead atoms. The van der Waals surface area contributed by atoms with Crippen LogP contribution in [-0.4, -0.2) is 140 Å². The molecule has 0 radical (unpaired) electrons. The maximum atomic E-state index is 14.4. The Morgan fingerprint density at radius 1 is 0.938 bits per heavy atom.